The fraction of sp³-hybridized carbons (Fsp3) is 0.562. The van der Waals surface area contributed by atoms with Gasteiger partial charge in [0, 0.05) is 5.38 Å². The van der Waals surface area contributed by atoms with Crippen LogP contribution in [0.25, 0.3) is 0 Å². The minimum atomic E-state index is -0.939. The Balaban J connectivity index is 1.95. The molecule has 1 aliphatic heterocycles. The van der Waals surface area contributed by atoms with Crippen molar-refractivity contribution >= 4 is 40.3 Å². The van der Waals surface area contributed by atoms with Crippen molar-refractivity contribution in [2.24, 2.45) is 0 Å². The topological polar surface area (TPSA) is 118 Å². The molecule has 2 N–H and O–H groups in total. The molecule has 0 aliphatic carbocycles. The molecule has 0 saturated carbocycles. The third-order valence-electron chi connectivity index (χ3n) is 4.18. The first-order valence-electron chi connectivity index (χ1n) is 8.39. The normalized spacial score (nSPS) is 15.7. The SMILES string of the molecule is CCOC(=O)Cc1csc(NC(=O)CN2C(=O)NC(CC)(CC)C2=O)n1. The molecule has 0 spiro atoms. The van der Waals surface area contributed by atoms with E-state index in [0.29, 0.717) is 23.7 Å². The molecule has 2 rings (SSSR count). The number of urea groups is 1. The van der Waals surface area contributed by atoms with Gasteiger partial charge >= 0.3 is 12.0 Å². The Kier molecular flexibility index (Phi) is 6.30. The van der Waals surface area contributed by atoms with Crippen LogP contribution in [-0.4, -0.2) is 52.4 Å². The summed E-state index contributed by atoms with van der Waals surface area (Å²) in [5, 5.41) is 7.14. The molecule has 9 nitrogen and oxygen atoms in total. The minimum Gasteiger partial charge on any atom is -0.466 e. The van der Waals surface area contributed by atoms with Crippen molar-refractivity contribution in [1.29, 1.82) is 0 Å². The van der Waals surface area contributed by atoms with Gasteiger partial charge in [-0.25, -0.2) is 9.78 Å². The zero-order valence-corrected chi connectivity index (χ0v) is 15.8. The van der Waals surface area contributed by atoms with Crippen molar-refractivity contribution in [1.82, 2.24) is 15.2 Å². The Bertz CT molecular complexity index is 713. The van der Waals surface area contributed by atoms with E-state index in [1.807, 2.05) is 13.8 Å². The number of hydrogen-bond acceptors (Lipinski definition) is 7. The lowest BCUT2D eigenvalue weighted by atomic mass is 9.93. The van der Waals surface area contributed by atoms with Gasteiger partial charge in [0.15, 0.2) is 5.13 Å². The van der Waals surface area contributed by atoms with E-state index in [-0.39, 0.29) is 19.6 Å². The maximum Gasteiger partial charge on any atom is 0.325 e. The van der Waals surface area contributed by atoms with Gasteiger partial charge in [-0.15, -0.1) is 11.3 Å². The van der Waals surface area contributed by atoms with Crippen molar-refractivity contribution in [2.45, 2.75) is 45.6 Å². The molecule has 142 valence electrons. The molecular formula is C16H22N4O5S. The second-order valence-corrected chi connectivity index (χ2v) is 6.64. The smallest absolute Gasteiger partial charge is 0.325 e. The lowest BCUT2D eigenvalue weighted by molar-refractivity contribution is -0.142. The number of esters is 1. The summed E-state index contributed by atoms with van der Waals surface area (Å²) in [4.78, 5) is 53.2. The Hall–Kier alpha value is -2.49. The molecule has 4 amide bonds. The van der Waals surface area contributed by atoms with Gasteiger partial charge in [-0.2, -0.15) is 0 Å². The van der Waals surface area contributed by atoms with Gasteiger partial charge in [-0.05, 0) is 19.8 Å². The van der Waals surface area contributed by atoms with Gasteiger partial charge < -0.3 is 15.4 Å². The summed E-state index contributed by atoms with van der Waals surface area (Å²) in [6, 6.07) is -0.573. The molecule has 2 heterocycles. The first-order valence-corrected chi connectivity index (χ1v) is 9.27. The predicted octanol–water partition coefficient (Wildman–Crippen LogP) is 1.30. The van der Waals surface area contributed by atoms with Crippen LogP contribution in [0.4, 0.5) is 9.93 Å². The van der Waals surface area contributed by atoms with E-state index < -0.39 is 29.4 Å². The highest BCUT2D eigenvalue weighted by Gasteiger charge is 2.49. The zero-order chi connectivity index (χ0) is 19.3. The van der Waals surface area contributed by atoms with E-state index in [0.717, 1.165) is 16.2 Å². The molecule has 10 heteroatoms. The number of aromatic nitrogens is 1. The average Bonchev–Trinajstić information content (AvgIpc) is 3.12. The first kappa shape index (κ1) is 19.8. The molecule has 0 unspecified atom stereocenters. The lowest BCUT2D eigenvalue weighted by Gasteiger charge is -2.22. The first-order chi connectivity index (χ1) is 12.3. The number of thiazole rings is 1. The van der Waals surface area contributed by atoms with E-state index in [1.165, 1.54) is 0 Å². The highest BCUT2D eigenvalue weighted by molar-refractivity contribution is 7.13. The van der Waals surface area contributed by atoms with Crippen LogP contribution in [-0.2, 0) is 25.5 Å². The summed E-state index contributed by atoms with van der Waals surface area (Å²) < 4.78 is 4.84. The van der Waals surface area contributed by atoms with Crippen LogP contribution in [0.1, 0.15) is 39.3 Å². The zero-order valence-electron chi connectivity index (χ0n) is 15.0. The number of anilines is 1. The molecule has 1 aromatic heterocycles. The summed E-state index contributed by atoms with van der Waals surface area (Å²) in [5.74, 6) is -1.33. The molecule has 0 radical (unpaired) electrons. The summed E-state index contributed by atoms with van der Waals surface area (Å²) in [6.07, 6.45) is 0.925. The van der Waals surface area contributed by atoms with Gasteiger partial charge in [-0.3, -0.25) is 19.3 Å². The predicted molar refractivity (Wildman–Crippen MR) is 94.6 cm³/mol. The van der Waals surface area contributed by atoms with Gasteiger partial charge in [0.2, 0.25) is 5.91 Å². The molecule has 26 heavy (non-hydrogen) atoms. The van der Waals surface area contributed by atoms with Crippen LogP contribution < -0.4 is 10.6 Å². The summed E-state index contributed by atoms with van der Waals surface area (Å²) >= 11 is 1.15. The Morgan fingerprint density at radius 3 is 2.58 bits per heavy atom. The van der Waals surface area contributed by atoms with E-state index in [4.69, 9.17) is 4.74 Å². The Labute approximate surface area is 155 Å². The number of imide groups is 1. The van der Waals surface area contributed by atoms with E-state index >= 15 is 0 Å². The van der Waals surface area contributed by atoms with Crippen LogP contribution >= 0.6 is 11.3 Å². The second-order valence-electron chi connectivity index (χ2n) is 5.78. The molecule has 1 aliphatic rings. The van der Waals surface area contributed by atoms with Crippen molar-refractivity contribution in [3.63, 3.8) is 0 Å². The highest BCUT2D eigenvalue weighted by atomic mass is 32.1. The summed E-state index contributed by atoms with van der Waals surface area (Å²) in [7, 11) is 0. The van der Waals surface area contributed by atoms with E-state index in [1.54, 1.807) is 12.3 Å². The number of ether oxygens (including phenoxy) is 1. The van der Waals surface area contributed by atoms with Crippen LogP contribution in [0.3, 0.4) is 0 Å². The third kappa shape index (κ3) is 4.18. The van der Waals surface area contributed by atoms with Gasteiger partial charge in [0.1, 0.15) is 12.1 Å². The molecule has 0 bridgehead atoms. The molecule has 1 saturated heterocycles. The summed E-state index contributed by atoms with van der Waals surface area (Å²) in [6.45, 7) is 5.23. The second kappa shape index (κ2) is 8.26. The number of nitrogens with one attached hydrogen (secondary N) is 2. The van der Waals surface area contributed by atoms with Gasteiger partial charge in [0.25, 0.3) is 5.91 Å². The number of rotatable bonds is 8. The fourth-order valence-electron chi connectivity index (χ4n) is 2.66. The number of carbonyl (C=O) groups is 4. The van der Waals surface area contributed by atoms with Crippen molar-refractivity contribution in [3.8, 4) is 0 Å². The molecule has 0 aromatic carbocycles. The maximum absolute atomic E-state index is 12.5. The van der Waals surface area contributed by atoms with Crippen molar-refractivity contribution < 1.29 is 23.9 Å². The van der Waals surface area contributed by atoms with Crippen LogP contribution in [0, 0.1) is 0 Å². The molecule has 1 fully saturated rings. The van der Waals surface area contributed by atoms with Crippen LogP contribution in [0.2, 0.25) is 0 Å². The lowest BCUT2D eigenvalue weighted by Crippen LogP contribution is -2.46. The molecule has 1 aromatic rings. The van der Waals surface area contributed by atoms with E-state index in [2.05, 4.69) is 15.6 Å². The maximum atomic E-state index is 12.5. The fourth-order valence-corrected chi connectivity index (χ4v) is 3.38. The van der Waals surface area contributed by atoms with Crippen LogP contribution in [0.15, 0.2) is 5.38 Å². The quantitative estimate of drug-likeness (QED) is 0.517. The molecular weight excluding hydrogens is 360 g/mol. The average molecular weight is 382 g/mol. The number of amides is 4. The highest BCUT2D eigenvalue weighted by Crippen LogP contribution is 2.25. The Morgan fingerprint density at radius 1 is 1.31 bits per heavy atom. The molecule has 0 atom stereocenters. The van der Waals surface area contributed by atoms with Crippen molar-refractivity contribution in [2.75, 3.05) is 18.5 Å². The minimum absolute atomic E-state index is 0.0166. The van der Waals surface area contributed by atoms with Gasteiger partial charge in [0.05, 0.1) is 18.7 Å². The standard InChI is InChI=1S/C16H22N4O5S/c1-4-16(5-2)13(23)20(15(24)19-16)8-11(21)18-14-17-10(9-26-14)7-12(22)25-6-3/h9H,4-8H2,1-3H3,(H,19,24)(H,17,18,21). The Morgan fingerprint density at radius 2 is 2.00 bits per heavy atom. The third-order valence-corrected chi connectivity index (χ3v) is 4.99. The number of carbonyl (C=O) groups excluding carboxylic acids is 4. The summed E-state index contributed by atoms with van der Waals surface area (Å²) in [5.41, 5.74) is -0.458. The van der Waals surface area contributed by atoms with E-state index in [9.17, 15) is 19.2 Å². The number of hydrogen-bond donors (Lipinski definition) is 2. The largest absolute Gasteiger partial charge is 0.466 e. The van der Waals surface area contributed by atoms with Crippen LogP contribution in [0.5, 0.6) is 0 Å². The monoisotopic (exact) mass is 382 g/mol. The van der Waals surface area contributed by atoms with Crippen molar-refractivity contribution in [3.05, 3.63) is 11.1 Å². The number of nitrogens with zero attached hydrogens (tertiary/aromatic N) is 2. The van der Waals surface area contributed by atoms with Gasteiger partial charge in [-0.1, -0.05) is 13.8 Å².